The number of nitrogens with two attached hydrogens (primary N) is 1. The van der Waals surface area contributed by atoms with Crippen molar-refractivity contribution in [2.45, 2.75) is 18.0 Å². The molecule has 0 saturated carbocycles. The van der Waals surface area contributed by atoms with Crippen LogP contribution in [-0.4, -0.2) is 62.8 Å². The second-order valence-corrected chi connectivity index (χ2v) is 8.85. The number of fused-ring (bicyclic) bond motifs is 1. The van der Waals surface area contributed by atoms with Gasteiger partial charge in [-0.25, -0.2) is 14.3 Å². The summed E-state index contributed by atoms with van der Waals surface area (Å²) in [5.74, 6) is -1.94. The van der Waals surface area contributed by atoms with Gasteiger partial charge < -0.3 is 21.0 Å². The van der Waals surface area contributed by atoms with E-state index < -0.39 is 29.2 Å². The van der Waals surface area contributed by atoms with Gasteiger partial charge in [0.05, 0.1) is 0 Å². The first kappa shape index (κ1) is 21.8. The summed E-state index contributed by atoms with van der Waals surface area (Å²) in [7, 11) is 1.28. The minimum atomic E-state index is -1.18. The first-order chi connectivity index (χ1) is 15.4. The second-order valence-electron chi connectivity index (χ2n) is 6.86. The molecule has 0 aliphatic carbocycles. The number of carbonyl (C=O) groups excluding carboxylic acids is 2. The number of carboxylic acid groups (broad SMARTS) is 1. The molecule has 1 unspecified atom stereocenters. The van der Waals surface area contributed by atoms with Gasteiger partial charge in [-0.2, -0.15) is 0 Å². The molecule has 1 fully saturated rings. The molecule has 0 bridgehead atoms. The highest BCUT2D eigenvalue weighted by Gasteiger charge is 2.54. The lowest BCUT2D eigenvalue weighted by molar-refractivity contribution is -0.689. The van der Waals surface area contributed by atoms with E-state index in [9.17, 15) is 19.5 Å². The Morgan fingerprint density at radius 3 is 2.78 bits per heavy atom. The van der Waals surface area contributed by atoms with Crippen LogP contribution in [0.4, 0.5) is 5.13 Å². The molecule has 2 atom stereocenters. The number of hydrogen-bond donors (Lipinski definition) is 3. The maximum Gasteiger partial charge on any atom is 0.352 e. The van der Waals surface area contributed by atoms with Crippen LogP contribution < -0.4 is 15.6 Å². The van der Waals surface area contributed by atoms with Crippen molar-refractivity contribution in [3.63, 3.8) is 0 Å². The lowest BCUT2D eigenvalue weighted by Crippen LogP contribution is -2.71. The summed E-state index contributed by atoms with van der Waals surface area (Å²) in [6.07, 6.45) is 3.65. The predicted octanol–water partition coefficient (Wildman–Crippen LogP) is -0.198. The number of amides is 2. The number of thiazole rings is 1. The molecule has 32 heavy (non-hydrogen) atoms. The number of nitrogen functional groups attached to an aromatic ring is 1. The predicted molar refractivity (Wildman–Crippen MR) is 116 cm³/mol. The van der Waals surface area contributed by atoms with Gasteiger partial charge in [-0.3, -0.25) is 14.5 Å². The van der Waals surface area contributed by atoms with E-state index in [4.69, 9.17) is 10.6 Å². The number of thioether (sulfide) groups is 1. The van der Waals surface area contributed by atoms with Crippen molar-refractivity contribution < 1.29 is 28.9 Å². The number of nitrogens with one attached hydrogen (secondary N) is 1. The second kappa shape index (κ2) is 8.96. The molecule has 4 rings (SSSR count). The Kier molecular flexibility index (Phi) is 6.10. The molecule has 4 N–H and O–H groups in total. The van der Waals surface area contributed by atoms with Crippen molar-refractivity contribution in [1.82, 2.24) is 15.2 Å². The maximum absolute atomic E-state index is 12.9. The summed E-state index contributed by atoms with van der Waals surface area (Å²) in [4.78, 5) is 47.6. The van der Waals surface area contributed by atoms with Gasteiger partial charge >= 0.3 is 5.97 Å². The van der Waals surface area contributed by atoms with Crippen molar-refractivity contribution >= 4 is 51.7 Å². The molecular weight excluding hydrogens is 456 g/mol. The average molecular weight is 476 g/mol. The molecule has 2 aromatic heterocycles. The lowest BCUT2D eigenvalue weighted by Gasteiger charge is -2.49. The Morgan fingerprint density at radius 2 is 2.16 bits per heavy atom. The quantitative estimate of drug-likeness (QED) is 0.216. The van der Waals surface area contributed by atoms with E-state index in [2.05, 4.69) is 15.5 Å². The van der Waals surface area contributed by atoms with Crippen LogP contribution in [0.3, 0.4) is 0 Å². The molecule has 1 saturated heterocycles. The first-order valence-electron chi connectivity index (χ1n) is 9.38. The zero-order valence-electron chi connectivity index (χ0n) is 16.8. The standard InChI is InChI=1S/C19H18N6O5S2/c1-30-23-12(11-9-32-19(20)21-11)15(26)22-13-16(27)25-14(18(28)29)10(8-31-17(13)25)7-24-5-3-2-4-6-24/h2-6,9,13,17H,7-8H2,1H3,(H3-,20,21,22,26,28,29)/p+1/t13?,17-/m1/s1. The van der Waals surface area contributed by atoms with Crippen LogP contribution in [0.15, 0.2) is 52.4 Å². The number of carboxylic acids is 1. The number of hydrogen-bond acceptors (Lipinski definition) is 9. The molecule has 2 aliphatic heterocycles. The third-order valence-electron chi connectivity index (χ3n) is 4.85. The molecule has 166 valence electrons. The molecule has 2 amide bonds. The van der Waals surface area contributed by atoms with E-state index in [0.29, 0.717) is 17.9 Å². The van der Waals surface area contributed by atoms with Crippen LogP contribution in [-0.2, 0) is 25.8 Å². The summed E-state index contributed by atoms with van der Waals surface area (Å²) in [5.41, 5.74) is 6.30. The number of aromatic nitrogens is 2. The van der Waals surface area contributed by atoms with E-state index >= 15 is 0 Å². The van der Waals surface area contributed by atoms with Gasteiger partial charge in [-0.1, -0.05) is 11.2 Å². The molecule has 13 heteroatoms. The SMILES string of the molecule is CON=C(C(=O)NC1C(=O)N2C(C(=O)O)=C(C[n+]3ccccc3)CS[C@H]12)c1csc(N)n1. The van der Waals surface area contributed by atoms with E-state index in [-0.39, 0.29) is 22.2 Å². The van der Waals surface area contributed by atoms with Crippen molar-refractivity contribution in [1.29, 1.82) is 0 Å². The molecular formula is C19H19N6O5S2+. The van der Waals surface area contributed by atoms with E-state index in [0.717, 1.165) is 11.3 Å². The number of pyridine rings is 1. The van der Waals surface area contributed by atoms with Crippen LogP contribution >= 0.6 is 23.1 Å². The highest BCUT2D eigenvalue weighted by atomic mass is 32.2. The smallest absolute Gasteiger partial charge is 0.352 e. The van der Waals surface area contributed by atoms with Crippen molar-refractivity contribution in [2.24, 2.45) is 5.16 Å². The number of rotatable bonds is 7. The zero-order valence-corrected chi connectivity index (χ0v) is 18.4. The van der Waals surface area contributed by atoms with Gasteiger partial charge in [0.15, 0.2) is 29.8 Å². The Morgan fingerprint density at radius 1 is 1.41 bits per heavy atom. The highest BCUT2D eigenvalue weighted by molar-refractivity contribution is 8.00. The van der Waals surface area contributed by atoms with Crippen LogP contribution in [0.2, 0.25) is 0 Å². The average Bonchev–Trinajstić information content (AvgIpc) is 3.21. The summed E-state index contributed by atoms with van der Waals surface area (Å²) in [6, 6.07) is 4.65. The topological polar surface area (TPSA) is 151 Å². The van der Waals surface area contributed by atoms with Crippen LogP contribution in [0, 0.1) is 0 Å². The molecule has 0 radical (unpaired) electrons. The fraction of sp³-hybridized carbons (Fsp3) is 0.263. The lowest BCUT2D eigenvalue weighted by atomic mass is 10.0. The van der Waals surface area contributed by atoms with Crippen molar-refractivity contribution in [3.8, 4) is 0 Å². The fourth-order valence-electron chi connectivity index (χ4n) is 3.47. The van der Waals surface area contributed by atoms with Crippen LogP contribution in [0.5, 0.6) is 0 Å². The summed E-state index contributed by atoms with van der Waals surface area (Å²) in [5, 5.41) is 17.4. The highest BCUT2D eigenvalue weighted by Crippen LogP contribution is 2.40. The van der Waals surface area contributed by atoms with Gasteiger partial charge in [-0.15, -0.1) is 23.1 Å². The van der Waals surface area contributed by atoms with Crippen molar-refractivity contribution in [2.75, 3.05) is 18.6 Å². The van der Waals surface area contributed by atoms with Gasteiger partial charge in [-0.05, 0) is 0 Å². The van der Waals surface area contributed by atoms with E-state index in [1.54, 1.807) is 5.38 Å². The summed E-state index contributed by atoms with van der Waals surface area (Å²) in [6.45, 7) is 0.346. The monoisotopic (exact) mass is 475 g/mol. The van der Waals surface area contributed by atoms with E-state index in [1.807, 2.05) is 35.2 Å². The number of β-lactam (4-membered cyclic amide) rings is 1. The number of carbonyl (C=O) groups is 3. The maximum atomic E-state index is 12.9. The molecule has 4 heterocycles. The van der Waals surface area contributed by atoms with Gasteiger partial charge in [0.25, 0.3) is 11.8 Å². The Labute approximate surface area is 190 Å². The number of nitrogens with zero attached hydrogens (tertiary/aromatic N) is 4. The Balaban J connectivity index is 1.53. The van der Waals surface area contributed by atoms with Crippen LogP contribution in [0.1, 0.15) is 5.69 Å². The number of anilines is 1. The number of aliphatic carboxylic acids is 1. The number of oxime groups is 1. The summed E-state index contributed by atoms with van der Waals surface area (Å²) < 4.78 is 1.84. The fourth-order valence-corrected chi connectivity index (χ4v) is 5.35. The van der Waals surface area contributed by atoms with Gasteiger partial charge in [0.2, 0.25) is 0 Å². The van der Waals surface area contributed by atoms with Gasteiger partial charge in [0, 0.05) is 28.8 Å². The summed E-state index contributed by atoms with van der Waals surface area (Å²) >= 11 is 2.53. The zero-order chi connectivity index (χ0) is 22.8. The molecule has 0 spiro atoms. The molecule has 2 aromatic rings. The van der Waals surface area contributed by atoms with E-state index in [1.165, 1.54) is 23.8 Å². The minimum Gasteiger partial charge on any atom is -0.477 e. The molecule has 2 aliphatic rings. The van der Waals surface area contributed by atoms with Crippen LogP contribution in [0.25, 0.3) is 0 Å². The Bertz CT molecular complexity index is 1130. The largest absolute Gasteiger partial charge is 0.477 e. The Hall–Kier alpha value is -3.45. The minimum absolute atomic E-state index is 0.0429. The van der Waals surface area contributed by atoms with Gasteiger partial charge in [0.1, 0.15) is 29.9 Å². The van der Waals surface area contributed by atoms with Crippen molar-refractivity contribution in [3.05, 3.63) is 52.9 Å². The molecule has 0 aromatic carbocycles. The normalized spacial score (nSPS) is 20.5. The third kappa shape index (κ3) is 4.03. The molecule has 11 nitrogen and oxygen atoms in total. The first-order valence-corrected chi connectivity index (χ1v) is 11.3. The third-order valence-corrected chi connectivity index (χ3v) is 6.86.